The zero-order valence-corrected chi connectivity index (χ0v) is 13.7. The van der Waals surface area contributed by atoms with Gasteiger partial charge in [0.15, 0.2) is 0 Å². The van der Waals surface area contributed by atoms with Gasteiger partial charge in [-0.05, 0) is 43.5 Å². The van der Waals surface area contributed by atoms with Crippen LogP contribution in [0.15, 0.2) is 22.7 Å². The van der Waals surface area contributed by atoms with Crippen LogP contribution in [0.5, 0.6) is 0 Å². The number of carbonyl (C=O) groups is 2. The summed E-state index contributed by atoms with van der Waals surface area (Å²) in [5.74, 6) is -1.32. The summed E-state index contributed by atoms with van der Waals surface area (Å²) in [5.41, 5.74) is -0.302. The van der Waals surface area contributed by atoms with Crippen molar-refractivity contribution in [1.82, 2.24) is 5.32 Å². The second-order valence-electron chi connectivity index (χ2n) is 4.77. The topological polar surface area (TPSA) is 66.4 Å². The number of halogens is 2. The number of carboxylic acids is 1. The molecule has 1 aromatic rings. The average Bonchev–Trinajstić information content (AvgIpc) is 2.39. The first-order valence-corrected chi connectivity index (χ1v) is 7.44. The van der Waals surface area contributed by atoms with E-state index >= 15 is 0 Å². The molecule has 2 N–H and O–H groups in total. The van der Waals surface area contributed by atoms with Crippen molar-refractivity contribution in [2.24, 2.45) is 0 Å². The minimum atomic E-state index is -1.22. The summed E-state index contributed by atoms with van der Waals surface area (Å²) in [4.78, 5) is 23.0. The Morgan fingerprint density at radius 3 is 2.65 bits per heavy atom. The summed E-state index contributed by atoms with van der Waals surface area (Å²) < 4.78 is 0.881. The number of carboxylic acid groups (broad SMARTS) is 1. The molecule has 4 nitrogen and oxygen atoms in total. The highest BCUT2D eigenvalue weighted by atomic mass is 79.9. The molecule has 0 aromatic heterocycles. The molecule has 0 saturated heterocycles. The maximum Gasteiger partial charge on any atom is 0.329 e. The van der Waals surface area contributed by atoms with Crippen LogP contribution in [-0.4, -0.2) is 22.5 Å². The lowest BCUT2D eigenvalue weighted by molar-refractivity contribution is -0.147. The lowest BCUT2D eigenvalue weighted by Gasteiger charge is -2.24. The van der Waals surface area contributed by atoms with Crippen molar-refractivity contribution in [3.05, 3.63) is 33.3 Å². The zero-order chi connectivity index (χ0) is 15.3. The molecule has 0 spiro atoms. The maximum atomic E-state index is 11.9. The standard InChI is InChI=1S/C14H17BrClNO3/c1-3-14(2,13(19)20)17-12(18)7-4-9-8-10(16)5-6-11(9)15/h5-6,8H,3-4,7H2,1-2H3,(H,17,18)(H,19,20). The minimum Gasteiger partial charge on any atom is -0.480 e. The molecule has 0 aliphatic heterocycles. The van der Waals surface area contributed by atoms with Crippen molar-refractivity contribution in [3.8, 4) is 0 Å². The lowest BCUT2D eigenvalue weighted by Crippen LogP contribution is -2.51. The van der Waals surface area contributed by atoms with Gasteiger partial charge in [0.2, 0.25) is 5.91 Å². The molecule has 1 unspecified atom stereocenters. The number of hydrogen-bond donors (Lipinski definition) is 2. The van der Waals surface area contributed by atoms with Crippen LogP contribution in [0.4, 0.5) is 0 Å². The van der Waals surface area contributed by atoms with Crippen LogP contribution in [0.1, 0.15) is 32.3 Å². The monoisotopic (exact) mass is 361 g/mol. The molecule has 6 heteroatoms. The summed E-state index contributed by atoms with van der Waals surface area (Å²) in [6.07, 6.45) is 1.03. The van der Waals surface area contributed by atoms with Crippen LogP contribution >= 0.6 is 27.5 Å². The van der Waals surface area contributed by atoms with Gasteiger partial charge in [-0.15, -0.1) is 0 Å². The summed E-state index contributed by atoms with van der Waals surface area (Å²) >= 11 is 9.30. The van der Waals surface area contributed by atoms with Gasteiger partial charge in [-0.3, -0.25) is 4.79 Å². The number of aryl methyl sites for hydroxylation is 1. The van der Waals surface area contributed by atoms with Gasteiger partial charge in [0.1, 0.15) is 5.54 Å². The van der Waals surface area contributed by atoms with Gasteiger partial charge in [0.25, 0.3) is 0 Å². The van der Waals surface area contributed by atoms with E-state index in [4.69, 9.17) is 16.7 Å². The molecule has 0 heterocycles. The van der Waals surface area contributed by atoms with E-state index in [0.29, 0.717) is 17.9 Å². The Kier molecular flexibility index (Phi) is 6.02. The van der Waals surface area contributed by atoms with Crippen LogP contribution < -0.4 is 5.32 Å². The molecule has 0 bridgehead atoms. The van der Waals surface area contributed by atoms with Crippen molar-refractivity contribution in [2.75, 3.05) is 0 Å². The van der Waals surface area contributed by atoms with E-state index in [9.17, 15) is 9.59 Å². The van der Waals surface area contributed by atoms with Crippen LogP contribution in [-0.2, 0) is 16.0 Å². The van der Waals surface area contributed by atoms with Crippen molar-refractivity contribution in [3.63, 3.8) is 0 Å². The van der Waals surface area contributed by atoms with Gasteiger partial charge >= 0.3 is 5.97 Å². The minimum absolute atomic E-state index is 0.210. The Hall–Kier alpha value is -1.07. The second-order valence-corrected chi connectivity index (χ2v) is 6.07. The van der Waals surface area contributed by atoms with Gasteiger partial charge < -0.3 is 10.4 Å². The van der Waals surface area contributed by atoms with Gasteiger partial charge in [0.05, 0.1) is 0 Å². The number of nitrogens with one attached hydrogen (secondary N) is 1. The van der Waals surface area contributed by atoms with E-state index < -0.39 is 11.5 Å². The number of benzene rings is 1. The summed E-state index contributed by atoms with van der Waals surface area (Å²) in [7, 11) is 0. The maximum absolute atomic E-state index is 11.9. The Bertz CT molecular complexity index is 521. The van der Waals surface area contributed by atoms with Crippen molar-refractivity contribution >= 4 is 39.4 Å². The molecule has 0 radical (unpaired) electrons. The first kappa shape index (κ1) is 17.0. The zero-order valence-electron chi connectivity index (χ0n) is 11.4. The summed E-state index contributed by atoms with van der Waals surface area (Å²) in [5, 5.41) is 12.3. The SMILES string of the molecule is CCC(C)(NC(=O)CCc1cc(Cl)ccc1Br)C(=O)O. The third kappa shape index (κ3) is 4.49. The number of amides is 1. The first-order valence-electron chi connectivity index (χ1n) is 6.27. The molecular weight excluding hydrogens is 346 g/mol. The molecule has 1 aromatic carbocycles. The summed E-state index contributed by atoms with van der Waals surface area (Å²) in [6, 6.07) is 5.37. The Balaban J connectivity index is 2.64. The number of carbonyl (C=O) groups excluding carboxylic acids is 1. The van der Waals surface area contributed by atoms with Crippen LogP contribution in [0.25, 0.3) is 0 Å². The van der Waals surface area contributed by atoms with E-state index in [1.165, 1.54) is 6.92 Å². The van der Waals surface area contributed by atoms with Crippen LogP contribution in [0.2, 0.25) is 5.02 Å². The highest BCUT2D eigenvalue weighted by Gasteiger charge is 2.32. The molecule has 0 aliphatic carbocycles. The normalized spacial score (nSPS) is 13.6. The first-order chi connectivity index (χ1) is 9.28. The second kappa shape index (κ2) is 7.09. The van der Waals surface area contributed by atoms with Gasteiger partial charge in [0, 0.05) is 15.9 Å². The molecule has 1 amide bonds. The average molecular weight is 363 g/mol. The number of hydrogen-bond acceptors (Lipinski definition) is 2. The third-order valence-electron chi connectivity index (χ3n) is 3.22. The highest BCUT2D eigenvalue weighted by Crippen LogP contribution is 2.22. The molecule has 0 fully saturated rings. The largest absolute Gasteiger partial charge is 0.480 e. The van der Waals surface area contributed by atoms with Crippen LogP contribution in [0.3, 0.4) is 0 Å². The predicted octanol–water partition coefficient (Wildman–Crippen LogP) is 3.40. The van der Waals surface area contributed by atoms with Gasteiger partial charge in [-0.1, -0.05) is 34.5 Å². The summed E-state index contributed by atoms with van der Waals surface area (Å²) in [6.45, 7) is 3.23. The quantitative estimate of drug-likeness (QED) is 0.815. The fraction of sp³-hybridized carbons (Fsp3) is 0.429. The number of aliphatic carboxylic acids is 1. The van der Waals surface area contributed by atoms with Gasteiger partial charge in [-0.2, -0.15) is 0 Å². The molecule has 110 valence electrons. The van der Waals surface area contributed by atoms with E-state index in [0.717, 1.165) is 10.0 Å². The fourth-order valence-corrected chi connectivity index (χ4v) is 2.29. The highest BCUT2D eigenvalue weighted by molar-refractivity contribution is 9.10. The smallest absolute Gasteiger partial charge is 0.329 e. The molecule has 1 atom stereocenters. The van der Waals surface area contributed by atoms with E-state index in [1.807, 2.05) is 6.07 Å². The molecule has 20 heavy (non-hydrogen) atoms. The molecular formula is C14H17BrClNO3. The van der Waals surface area contributed by atoms with Crippen molar-refractivity contribution < 1.29 is 14.7 Å². The number of rotatable bonds is 6. The Morgan fingerprint density at radius 1 is 1.45 bits per heavy atom. The van der Waals surface area contributed by atoms with Crippen LogP contribution in [0, 0.1) is 0 Å². The fourth-order valence-electron chi connectivity index (χ4n) is 1.65. The van der Waals surface area contributed by atoms with E-state index in [-0.39, 0.29) is 12.3 Å². The van der Waals surface area contributed by atoms with Gasteiger partial charge in [-0.25, -0.2) is 4.79 Å². The lowest BCUT2D eigenvalue weighted by atomic mass is 9.98. The molecule has 1 rings (SSSR count). The Morgan fingerprint density at radius 2 is 2.10 bits per heavy atom. The van der Waals surface area contributed by atoms with E-state index in [2.05, 4.69) is 21.2 Å². The Labute approximate surface area is 131 Å². The third-order valence-corrected chi connectivity index (χ3v) is 4.23. The van der Waals surface area contributed by atoms with E-state index in [1.54, 1.807) is 19.1 Å². The molecule has 0 saturated carbocycles. The van der Waals surface area contributed by atoms with Crippen molar-refractivity contribution in [2.45, 2.75) is 38.6 Å². The predicted molar refractivity (Wildman–Crippen MR) is 81.9 cm³/mol. The molecule has 0 aliphatic rings. The van der Waals surface area contributed by atoms with Crippen molar-refractivity contribution in [1.29, 1.82) is 0 Å².